The number of amides is 1. The molecule has 1 aromatic rings. The van der Waals surface area contributed by atoms with Gasteiger partial charge >= 0.3 is 0 Å². The smallest absolute Gasteiger partial charge is 0.241 e. The lowest BCUT2D eigenvalue weighted by Gasteiger charge is -2.21. The van der Waals surface area contributed by atoms with Crippen molar-refractivity contribution in [2.45, 2.75) is 6.61 Å². The van der Waals surface area contributed by atoms with Gasteiger partial charge in [0.2, 0.25) is 5.91 Å². The Morgan fingerprint density at radius 2 is 1.94 bits per heavy atom. The highest BCUT2D eigenvalue weighted by atomic mass is 19.1. The second-order valence-corrected chi connectivity index (χ2v) is 4.12. The highest BCUT2D eigenvalue weighted by molar-refractivity contribution is 5.80. The number of anilines is 1. The van der Waals surface area contributed by atoms with Gasteiger partial charge in [-0.3, -0.25) is 4.79 Å². The van der Waals surface area contributed by atoms with Crippen molar-refractivity contribution in [3.05, 3.63) is 29.6 Å². The highest BCUT2D eigenvalue weighted by Crippen LogP contribution is 2.17. The summed E-state index contributed by atoms with van der Waals surface area (Å²) < 4.78 is 13.2. The lowest BCUT2D eigenvalue weighted by atomic mass is 10.2. The van der Waals surface area contributed by atoms with Crippen LogP contribution in [0.4, 0.5) is 10.1 Å². The minimum Gasteiger partial charge on any atom is -0.392 e. The Labute approximate surface area is 100 Å². The number of nitrogens with zero attached hydrogens (tertiary/aromatic N) is 2. The lowest BCUT2D eigenvalue weighted by molar-refractivity contribution is -0.127. The summed E-state index contributed by atoms with van der Waals surface area (Å²) in [5, 5.41) is 8.98. The molecule has 17 heavy (non-hydrogen) atoms. The molecule has 0 saturated heterocycles. The van der Waals surface area contributed by atoms with Crippen LogP contribution >= 0.6 is 0 Å². The van der Waals surface area contributed by atoms with E-state index in [1.807, 2.05) is 0 Å². The maximum Gasteiger partial charge on any atom is 0.241 e. The molecule has 0 fully saturated rings. The summed E-state index contributed by atoms with van der Waals surface area (Å²) in [7, 11) is 5.04. The monoisotopic (exact) mass is 240 g/mol. The third kappa shape index (κ3) is 3.71. The van der Waals surface area contributed by atoms with Gasteiger partial charge in [-0.05, 0) is 23.8 Å². The quantitative estimate of drug-likeness (QED) is 0.848. The molecule has 1 N–H and O–H groups in total. The van der Waals surface area contributed by atoms with Gasteiger partial charge < -0.3 is 14.9 Å². The van der Waals surface area contributed by atoms with Crippen molar-refractivity contribution in [3.63, 3.8) is 0 Å². The number of halogens is 1. The van der Waals surface area contributed by atoms with Crippen molar-refractivity contribution >= 4 is 11.6 Å². The minimum atomic E-state index is -0.421. The number of carbonyl (C=O) groups is 1. The van der Waals surface area contributed by atoms with Crippen molar-refractivity contribution in [2.75, 3.05) is 32.6 Å². The second-order valence-electron chi connectivity index (χ2n) is 4.12. The van der Waals surface area contributed by atoms with Gasteiger partial charge in [0.1, 0.15) is 5.82 Å². The summed E-state index contributed by atoms with van der Waals surface area (Å²) in [6.45, 7) is -0.0540. The Bertz CT molecular complexity index is 407. The zero-order valence-corrected chi connectivity index (χ0v) is 10.3. The Kier molecular flexibility index (Phi) is 4.45. The van der Waals surface area contributed by atoms with Gasteiger partial charge in [-0.2, -0.15) is 0 Å². The topological polar surface area (TPSA) is 43.8 Å². The molecule has 1 amide bonds. The third-order valence-corrected chi connectivity index (χ3v) is 2.44. The van der Waals surface area contributed by atoms with Crippen LogP contribution in [0.1, 0.15) is 5.56 Å². The summed E-state index contributed by atoms with van der Waals surface area (Å²) in [6, 6.07) is 4.26. The zero-order valence-electron chi connectivity index (χ0n) is 10.3. The molecule has 0 radical (unpaired) electrons. The molecule has 0 aromatic heterocycles. The van der Waals surface area contributed by atoms with Crippen molar-refractivity contribution in [1.82, 2.24) is 4.90 Å². The van der Waals surface area contributed by atoms with Crippen LogP contribution in [-0.2, 0) is 11.4 Å². The van der Waals surface area contributed by atoms with Crippen LogP contribution in [0.25, 0.3) is 0 Å². The Morgan fingerprint density at radius 3 is 2.47 bits per heavy atom. The molecule has 0 unspecified atom stereocenters. The molecule has 0 aliphatic heterocycles. The number of hydrogen-bond acceptors (Lipinski definition) is 3. The average Bonchev–Trinajstić information content (AvgIpc) is 2.27. The van der Waals surface area contributed by atoms with Crippen LogP contribution in [0.2, 0.25) is 0 Å². The maximum atomic E-state index is 13.2. The first-order valence-corrected chi connectivity index (χ1v) is 5.25. The number of benzene rings is 1. The van der Waals surface area contributed by atoms with E-state index in [1.165, 1.54) is 17.0 Å². The van der Waals surface area contributed by atoms with Gasteiger partial charge in [-0.25, -0.2) is 4.39 Å². The molecule has 1 rings (SSSR count). The second kappa shape index (κ2) is 5.63. The number of carbonyl (C=O) groups excluding carboxylic acids is 1. The fraction of sp³-hybridized carbons (Fsp3) is 0.417. The van der Waals surface area contributed by atoms with Crippen LogP contribution in [0.3, 0.4) is 0 Å². The van der Waals surface area contributed by atoms with Crippen LogP contribution in [-0.4, -0.2) is 43.6 Å². The predicted molar refractivity (Wildman–Crippen MR) is 64.3 cm³/mol. The fourth-order valence-electron chi connectivity index (χ4n) is 1.38. The zero-order chi connectivity index (χ0) is 13.0. The number of rotatable bonds is 4. The van der Waals surface area contributed by atoms with Crippen LogP contribution < -0.4 is 4.90 Å². The molecule has 0 aliphatic carbocycles. The largest absolute Gasteiger partial charge is 0.392 e. The highest BCUT2D eigenvalue weighted by Gasteiger charge is 2.10. The summed E-state index contributed by atoms with van der Waals surface area (Å²) in [5.41, 5.74) is 1.06. The van der Waals surface area contributed by atoms with Crippen molar-refractivity contribution in [1.29, 1.82) is 0 Å². The van der Waals surface area contributed by atoms with E-state index in [1.54, 1.807) is 32.1 Å². The van der Waals surface area contributed by atoms with Crippen molar-refractivity contribution in [3.8, 4) is 0 Å². The Morgan fingerprint density at radius 1 is 1.29 bits per heavy atom. The van der Waals surface area contributed by atoms with E-state index in [4.69, 9.17) is 5.11 Å². The summed E-state index contributed by atoms with van der Waals surface area (Å²) in [4.78, 5) is 14.6. The Balaban J connectivity index is 2.84. The van der Waals surface area contributed by atoms with Crippen LogP contribution in [0, 0.1) is 5.82 Å². The van der Waals surface area contributed by atoms with Crippen molar-refractivity contribution < 1.29 is 14.3 Å². The van der Waals surface area contributed by atoms with Gasteiger partial charge in [-0.1, -0.05) is 0 Å². The molecule has 0 heterocycles. The van der Waals surface area contributed by atoms with Gasteiger partial charge in [0.15, 0.2) is 0 Å². The number of hydrogen-bond donors (Lipinski definition) is 1. The van der Waals surface area contributed by atoms with Gasteiger partial charge in [0.05, 0.1) is 13.2 Å². The van der Waals surface area contributed by atoms with E-state index in [0.29, 0.717) is 11.3 Å². The van der Waals surface area contributed by atoms with E-state index in [-0.39, 0.29) is 19.1 Å². The standard InChI is InChI=1S/C12H17FN2O2/c1-14(2)12(17)7-15(3)11-5-9(8-16)4-10(13)6-11/h4-6,16H,7-8H2,1-3H3. The van der Waals surface area contributed by atoms with E-state index >= 15 is 0 Å². The predicted octanol–water partition coefficient (Wildman–Crippen LogP) is 0.842. The number of likely N-dealkylation sites (N-methyl/N-ethyl adjacent to an activating group) is 2. The minimum absolute atomic E-state index is 0.0673. The molecule has 5 heteroatoms. The van der Waals surface area contributed by atoms with Crippen molar-refractivity contribution in [2.24, 2.45) is 0 Å². The molecule has 1 aromatic carbocycles. The van der Waals surface area contributed by atoms with E-state index in [9.17, 15) is 9.18 Å². The SMILES string of the molecule is CN(C)C(=O)CN(C)c1cc(F)cc(CO)c1. The molecular formula is C12H17FN2O2. The third-order valence-electron chi connectivity index (χ3n) is 2.44. The van der Waals surface area contributed by atoms with Crippen LogP contribution in [0.5, 0.6) is 0 Å². The summed E-state index contributed by atoms with van der Waals surface area (Å²) in [5.74, 6) is -0.488. The summed E-state index contributed by atoms with van der Waals surface area (Å²) in [6.07, 6.45) is 0. The number of aliphatic hydroxyl groups is 1. The molecule has 4 nitrogen and oxygen atoms in total. The van der Waals surface area contributed by atoms with Crippen LogP contribution in [0.15, 0.2) is 18.2 Å². The number of aliphatic hydroxyl groups excluding tert-OH is 1. The molecule has 0 aliphatic rings. The molecule has 0 atom stereocenters. The molecule has 94 valence electrons. The van der Waals surface area contributed by atoms with Gasteiger partial charge in [-0.15, -0.1) is 0 Å². The molecule has 0 spiro atoms. The van der Waals surface area contributed by atoms with E-state index in [0.717, 1.165) is 0 Å². The summed E-state index contributed by atoms with van der Waals surface area (Å²) >= 11 is 0. The molecule has 0 saturated carbocycles. The Hall–Kier alpha value is -1.62. The first-order chi connectivity index (χ1) is 7.93. The lowest BCUT2D eigenvalue weighted by Crippen LogP contribution is -2.34. The average molecular weight is 240 g/mol. The maximum absolute atomic E-state index is 13.2. The molecular weight excluding hydrogens is 223 g/mol. The van der Waals surface area contributed by atoms with Gasteiger partial charge in [0, 0.05) is 26.8 Å². The van der Waals surface area contributed by atoms with E-state index in [2.05, 4.69) is 0 Å². The van der Waals surface area contributed by atoms with E-state index < -0.39 is 5.82 Å². The fourth-order valence-corrected chi connectivity index (χ4v) is 1.38. The van der Waals surface area contributed by atoms with Gasteiger partial charge in [0.25, 0.3) is 0 Å². The normalized spacial score (nSPS) is 10.2. The first-order valence-electron chi connectivity index (χ1n) is 5.25. The first kappa shape index (κ1) is 13.4. The molecule has 0 bridgehead atoms.